The Kier molecular flexibility index (Phi) is 25.9. The third-order valence-electron chi connectivity index (χ3n) is 0. The van der Waals surface area contributed by atoms with Crippen LogP contribution in [0, 0.1) is 57.1 Å². The van der Waals surface area contributed by atoms with Crippen molar-refractivity contribution in [1.82, 2.24) is 0 Å². The van der Waals surface area contributed by atoms with Crippen molar-refractivity contribution in [1.29, 1.82) is 0 Å². The van der Waals surface area contributed by atoms with Gasteiger partial charge in [0.05, 0.1) is 5.09 Å². The standard InChI is InChI=1S/Ce.Cr.K.NO3.4O.H/c;;;2-1(3)4;;;;;/q;;;-1;;;2*-1;. The van der Waals surface area contributed by atoms with Crippen LogP contribution in [0.4, 0.5) is 0 Å². The van der Waals surface area contributed by atoms with E-state index in [2.05, 4.69) is 0 Å². The van der Waals surface area contributed by atoms with E-state index in [1.165, 1.54) is 0 Å². The topological polar surface area (TPSA) is 146 Å². The van der Waals surface area contributed by atoms with Crippen LogP contribution >= 0.6 is 0 Å². The molecule has 0 aromatic carbocycles. The third kappa shape index (κ3) is 252. The van der Waals surface area contributed by atoms with Gasteiger partial charge in [-0.05, 0) is 0 Å². The molecule has 11 heteroatoms. The zero-order valence-electron chi connectivity index (χ0n) is 4.21. The van der Waals surface area contributed by atoms with Gasteiger partial charge >= 0.3 is 80.9 Å². The summed E-state index contributed by atoms with van der Waals surface area (Å²) < 4.78 is 34.4. The Morgan fingerprint density at radius 1 is 1.09 bits per heavy atom. The fourth-order valence-corrected chi connectivity index (χ4v) is 0. The van der Waals surface area contributed by atoms with Crippen molar-refractivity contribution in [2.24, 2.45) is 0 Å². The second-order valence-electron chi connectivity index (χ2n) is 0.632. The van der Waals surface area contributed by atoms with Gasteiger partial charge in [-0.25, -0.2) is 0 Å². The first-order chi connectivity index (χ1) is 3.73. The molecule has 0 amide bonds. The summed E-state index contributed by atoms with van der Waals surface area (Å²) in [7, 11) is 0. The molecule has 0 aliphatic heterocycles. The van der Waals surface area contributed by atoms with Crippen molar-refractivity contribution in [3.8, 4) is 0 Å². The van der Waals surface area contributed by atoms with Gasteiger partial charge in [0.2, 0.25) is 0 Å². The predicted molar refractivity (Wildman–Crippen MR) is 18.9 cm³/mol. The Balaban J connectivity index is -0.0000000383. The van der Waals surface area contributed by atoms with E-state index in [-0.39, 0.29) is 93.1 Å². The normalized spacial score (nSPS) is 7.45. The maximum atomic E-state index is 8.59. The number of hydrogen-bond acceptors (Lipinski definition) is 7. The predicted octanol–water partition coefficient (Wildman–Crippen LogP) is -3.51. The van der Waals surface area contributed by atoms with Gasteiger partial charge in [-0.2, -0.15) is 0 Å². The molecule has 0 unspecified atom stereocenters. The summed E-state index contributed by atoms with van der Waals surface area (Å²) in [5, 5.41) is 14.8. The summed E-state index contributed by atoms with van der Waals surface area (Å²) in [6.07, 6.45) is 0. The SMILES string of the molecule is O=[N+]([O-])[O-].[Ce].[KH].[O]=[Cr](=[O])([O-])[O-]. The zero-order chi connectivity index (χ0) is 8.08. The Morgan fingerprint density at radius 2 is 1.09 bits per heavy atom. The fraction of sp³-hybridized carbons (Fsp3) is 0. The average molecular weight is 358 g/mol. The van der Waals surface area contributed by atoms with Crippen molar-refractivity contribution < 1.29 is 76.4 Å². The molecule has 0 aliphatic carbocycles. The van der Waals surface area contributed by atoms with E-state index in [1.54, 1.807) is 0 Å². The van der Waals surface area contributed by atoms with Crippen molar-refractivity contribution in [3.05, 3.63) is 15.3 Å². The molecule has 0 fully saturated rings. The number of nitrogens with zero attached hydrogens (tertiary/aromatic N) is 1. The first-order valence-electron chi connectivity index (χ1n) is 1.21. The Hall–Kier alpha value is 2.27. The molecule has 0 atom stereocenters. The molecule has 8 nitrogen and oxygen atoms in total. The van der Waals surface area contributed by atoms with Gasteiger partial charge in [0.1, 0.15) is 0 Å². The summed E-state index contributed by atoms with van der Waals surface area (Å²) in [6.45, 7) is 0. The minimum atomic E-state index is -5.75. The Morgan fingerprint density at radius 3 is 1.09 bits per heavy atom. The van der Waals surface area contributed by atoms with Crippen LogP contribution in [-0.4, -0.2) is 56.5 Å². The van der Waals surface area contributed by atoms with Gasteiger partial charge in [-0.15, -0.1) is 0 Å². The van der Waals surface area contributed by atoms with E-state index in [4.69, 9.17) is 31.2 Å². The molecule has 0 heterocycles. The van der Waals surface area contributed by atoms with Crippen LogP contribution in [0.3, 0.4) is 0 Å². The summed E-state index contributed by atoms with van der Waals surface area (Å²) in [5.74, 6) is 0. The summed E-state index contributed by atoms with van der Waals surface area (Å²) in [4.78, 5) is 8.25. The van der Waals surface area contributed by atoms with Crippen molar-refractivity contribution in [2.75, 3.05) is 0 Å². The molecule has 0 aromatic heterocycles. The van der Waals surface area contributed by atoms with Gasteiger partial charge < -0.3 is 15.3 Å². The summed E-state index contributed by atoms with van der Waals surface area (Å²) >= 11 is -5.75. The first-order valence-corrected chi connectivity index (χ1v) is 3.30. The second kappa shape index (κ2) is 12.3. The molecule has 0 N–H and O–H groups in total. The van der Waals surface area contributed by atoms with Crippen LogP contribution in [0.5, 0.6) is 0 Å². The molecule has 0 rings (SSSR count). The van der Waals surface area contributed by atoms with E-state index in [0.29, 0.717) is 0 Å². The zero-order valence-corrected chi connectivity index (χ0v) is 8.63. The van der Waals surface area contributed by atoms with E-state index in [9.17, 15) is 0 Å². The Bertz CT molecular complexity index is 161. The van der Waals surface area contributed by atoms with Crippen LogP contribution in [0.15, 0.2) is 0 Å². The molecular formula is HCeCrKNO7-3. The Labute approximate surface area is 140 Å². The van der Waals surface area contributed by atoms with Crippen LogP contribution in [0.1, 0.15) is 0 Å². The molecule has 0 spiro atoms. The quantitative estimate of drug-likeness (QED) is 0.248. The minimum absolute atomic E-state index is 0. The number of rotatable bonds is 0. The van der Waals surface area contributed by atoms with Crippen molar-refractivity contribution in [2.45, 2.75) is 0 Å². The van der Waals surface area contributed by atoms with E-state index < -0.39 is 18.7 Å². The summed E-state index contributed by atoms with van der Waals surface area (Å²) in [6, 6.07) is 0. The van der Waals surface area contributed by atoms with Crippen LogP contribution in [0.2, 0.25) is 0 Å². The molecule has 0 aromatic rings. The van der Waals surface area contributed by atoms with Crippen molar-refractivity contribution >= 4 is 51.4 Å². The van der Waals surface area contributed by atoms with Gasteiger partial charge in [0.25, 0.3) is 0 Å². The molecule has 62 valence electrons. The molecule has 0 saturated carbocycles. The van der Waals surface area contributed by atoms with E-state index in [1.807, 2.05) is 0 Å². The second-order valence-corrected chi connectivity index (χ2v) is 1.91. The molecular weight excluding hydrogens is 357 g/mol. The third-order valence-corrected chi connectivity index (χ3v) is 0. The van der Waals surface area contributed by atoms with E-state index >= 15 is 0 Å². The molecule has 0 bridgehead atoms. The fourth-order valence-electron chi connectivity index (χ4n) is 0. The van der Waals surface area contributed by atoms with E-state index in [0.717, 1.165) is 0 Å². The summed E-state index contributed by atoms with van der Waals surface area (Å²) in [5.41, 5.74) is 0. The van der Waals surface area contributed by atoms with Gasteiger partial charge in [-0.1, -0.05) is 0 Å². The monoisotopic (exact) mass is 358 g/mol. The van der Waals surface area contributed by atoms with Gasteiger partial charge in [-0.3, -0.25) is 0 Å². The van der Waals surface area contributed by atoms with Crippen LogP contribution < -0.4 is 8.32 Å². The molecule has 11 heavy (non-hydrogen) atoms. The van der Waals surface area contributed by atoms with Crippen LogP contribution in [-0.2, 0) is 21.2 Å². The number of hydrogen-bond donors (Lipinski definition) is 0. The first kappa shape index (κ1) is 23.2. The van der Waals surface area contributed by atoms with Crippen molar-refractivity contribution in [3.63, 3.8) is 0 Å². The molecule has 0 saturated heterocycles. The average Bonchev–Trinajstić information content (AvgIpc) is 1.19. The van der Waals surface area contributed by atoms with Crippen LogP contribution in [0.25, 0.3) is 0 Å². The molecule has 0 aliphatic rings. The van der Waals surface area contributed by atoms with Gasteiger partial charge in [0.15, 0.2) is 0 Å². The maximum absolute atomic E-state index is 8.59. The van der Waals surface area contributed by atoms with Gasteiger partial charge in [0, 0.05) is 41.7 Å². The molecule has 0 radical (unpaired) electrons.